The molecule has 2 N–H and O–H groups in total. The molecule has 1 aliphatic carbocycles. The number of hydrogen-bond acceptors (Lipinski definition) is 3. The van der Waals surface area contributed by atoms with Crippen LogP contribution in [0.2, 0.25) is 0 Å². The number of rotatable bonds is 6. The highest BCUT2D eigenvalue weighted by molar-refractivity contribution is 5.88. The Balaban J connectivity index is 2.02. The van der Waals surface area contributed by atoms with Crippen LogP contribution >= 0.6 is 0 Å². The average molecular weight is 276 g/mol. The summed E-state index contributed by atoms with van der Waals surface area (Å²) in [6.45, 7) is 5.42. The van der Waals surface area contributed by atoms with Crippen molar-refractivity contribution in [1.29, 1.82) is 0 Å². The largest absolute Gasteiger partial charge is 0.478 e. The van der Waals surface area contributed by atoms with Crippen LogP contribution in [0.15, 0.2) is 18.3 Å². The lowest BCUT2D eigenvalue weighted by Crippen LogP contribution is -2.28. The van der Waals surface area contributed by atoms with Gasteiger partial charge < -0.3 is 10.4 Å². The maximum absolute atomic E-state index is 11.0. The molecule has 4 heteroatoms. The number of nitrogens with one attached hydrogen (secondary N) is 1. The molecule has 1 aromatic rings. The van der Waals surface area contributed by atoms with Crippen LogP contribution in [0, 0.1) is 11.3 Å². The third kappa shape index (κ3) is 3.71. The number of carboxylic acid groups (broad SMARTS) is 1. The van der Waals surface area contributed by atoms with Gasteiger partial charge in [-0.25, -0.2) is 9.78 Å². The van der Waals surface area contributed by atoms with Crippen LogP contribution in [-0.4, -0.2) is 22.6 Å². The van der Waals surface area contributed by atoms with Crippen molar-refractivity contribution in [3.05, 3.63) is 23.9 Å². The Morgan fingerprint density at radius 1 is 1.45 bits per heavy atom. The van der Waals surface area contributed by atoms with Gasteiger partial charge in [-0.15, -0.1) is 0 Å². The predicted octanol–water partition coefficient (Wildman–Crippen LogP) is 3.80. The van der Waals surface area contributed by atoms with Crippen molar-refractivity contribution in [2.24, 2.45) is 11.3 Å². The minimum atomic E-state index is -0.909. The van der Waals surface area contributed by atoms with E-state index in [4.69, 9.17) is 5.11 Å². The van der Waals surface area contributed by atoms with Crippen LogP contribution in [0.3, 0.4) is 0 Å². The molecule has 1 aliphatic rings. The fourth-order valence-corrected chi connectivity index (χ4v) is 3.38. The van der Waals surface area contributed by atoms with Gasteiger partial charge in [-0.1, -0.05) is 26.7 Å². The molecule has 1 heterocycles. The van der Waals surface area contributed by atoms with Crippen molar-refractivity contribution >= 4 is 11.8 Å². The van der Waals surface area contributed by atoms with Gasteiger partial charge in [0.2, 0.25) is 0 Å². The second-order valence-electron chi connectivity index (χ2n) is 6.39. The van der Waals surface area contributed by atoms with E-state index in [0.29, 0.717) is 17.2 Å². The first-order valence-corrected chi connectivity index (χ1v) is 7.44. The van der Waals surface area contributed by atoms with Crippen LogP contribution in [-0.2, 0) is 0 Å². The maximum Gasteiger partial charge on any atom is 0.335 e. The van der Waals surface area contributed by atoms with Crippen LogP contribution in [0.25, 0.3) is 0 Å². The van der Waals surface area contributed by atoms with E-state index >= 15 is 0 Å². The molecule has 4 nitrogen and oxygen atoms in total. The van der Waals surface area contributed by atoms with E-state index in [1.165, 1.54) is 38.2 Å². The van der Waals surface area contributed by atoms with Gasteiger partial charge in [-0.05, 0) is 42.7 Å². The number of aromatic nitrogens is 1. The molecule has 0 spiro atoms. The fourth-order valence-electron chi connectivity index (χ4n) is 3.38. The van der Waals surface area contributed by atoms with E-state index in [2.05, 4.69) is 24.1 Å². The first-order chi connectivity index (χ1) is 9.51. The molecule has 0 unspecified atom stereocenters. The monoisotopic (exact) mass is 276 g/mol. The number of aromatic carboxylic acids is 1. The summed E-state index contributed by atoms with van der Waals surface area (Å²) < 4.78 is 0. The van der Waals surface area contributed by atoms with Crippen LogP contribution in [0.4, 0.5) is 5.82 Å². The zero-order valence-corrected chi connectivity index (χ0v) is 12.4. The number of carboxylic acids is 1. The highest BCUT2D eigenvalue weighted by atomic mass is 16.4. The summed E-state index contributed by atoms with van der Waals surface area (Å²) in [7, 11) is 0. The van der Waals surface area contributed by atoms with E-state index in [9.17, 15) is 4.79 Å². The first kappa shape index (κ1) is 14.8. The molecule has 0 radical (unpaired) electrons. The Morgan fingerprint density at radius 2 is 2.15 bits per heavy atom. The molecule has 0 aliphatic heterocycles. The van der Waals surface area contributed by atoms with Gasteiger partial charge in [0, 0.05) is 12.7 Å². The van der Waals surface area contributed by atoms with Crippen molar-refractivity contribution in [3.8, 4) is 0 Å². The molecule has 0 amide bonds. The van der Waals surface area contributed by atoms with Gasteiger partial charge in [0.25, 0.3) is 0 Å². The standard InChI is InChI=1S/C16H24N2O2/c1-12(2)10-16(6-3-4-7-16)11-18-14-9-13(15(19)20)5-8-17-14/h5,8-9,12H,3-4,6-7,10-11H2,1-2H3,(H,17,18)(H,19,20). The van der Waals surface area contributed by atoms with Crippen molar-refractivity contribution in [3.63, 3.8) is 0 Å². The Kier molecular flexibility index (Phi) is 4.63. The molecular weight excluding hydrogens is 252 g/mol. The summed E-state index contributed by atoms with van der Waals surface area (Å²) in [5.74, 6) is 0.446. The molecule has 0 saturated heterocycles. The normalized spacial score (nSPS) is 17.4. The average Bonchev–Trinajstić information content (AvgIpc) is 2.85. The SMILES string of the molecule is CC(C)CC1(CNc2cc(C(=O)O)ccn2)CCCC1. The van der Waals surface area contributed by atoms with Gasteiger partial charge in [0.15, 0.2) is 0 Å². The smallest absolute Gasteiger partial charge is 0.335 e. The second kappa shape index (κ2) is 6.25. The molecule has 20 heavy (non-hydrogen) atoms. The van der Waals surface area contributed by atoms with Crippen molar-refractivity contribution in [1.82, 2.24) is 4.98 Å². The zero-order chi connectivity index (χ0) is 14.6. The molecule has 110 valence electrons. The summed E-state index contributed by atoms with van der Waals surface area (Å²) in [6, 6.07) is 3.13. The number of nitrogens with zero attached hydrogens (tertiary/aromatic N) is 1. The van der Waals surface area contributed by atoms with Crippen LogP contribution in [0.5, 0.6) is 0 Å². The van der Waals surface area contributed by atoms with Crippen LogP contribution in [0.1, 0.15) is 56.3 Å². The summed E-state index contributed by atoms with van der Waals surface area (Å²) in [4.78, 5) is 15.2. The highest BCUT2D eigenvalue weighted by Crippen LogP contribution is 2.43. The van der Waals surface area contributed by atoms with E-state index in [-0.39, 0.29) is 5.56 Å². The van der Waals surface area contributed by atoms with Gasteiger partial charge in [0.1, 0.15) is 5.82 Å². The third-order valence-electron chi connectivity index (χ3n) is 4.16. The molecular formula is C16H24N2O2. The van der Waals surface area contributed by atoms with Gasteiger partial charge in [0.05, 0.1) is 5.56 Å². The highest BCUT2D eigenvalue weighted by Gasteiger charge is 2.34. The van der Waals surface area contributed by atoms with Crippen molar-refractivity contribution < 1.29 is 9.90 Å². The summed E-state index contributed by atoms with van der Waals surface area (Å²) >= 11 is 0. The van der Waals surface area contributed by atoms with E-state index in [0.717, 1.165) is 6.54 Å². The molecule has 1 fully saturated rings. The minimum Gasteiger partial charge on any atom is -0.478 e. The van der Waals surface area contributed by atoms with Gasteiger partial charge >= 0.3 is 5.97 Å². The summed E-state index contributed by atoms with van der Waals surface area (Å²) in [6.07, 6.45) is 7.90. The Hall–Kier alpha value is -1.58. The summed E-state index contributed by atoms with van der Waals surface area (Å²) in [5, 5.41) is 12.4. The molecule has 0 bridgehead atoms. The van der Waals surface area contributed by atoms with Crippen molar-refractivity contribution in [2.75, 3.05) is 11.9 Å². The Bertz CT molecular complexity index is 465. The topological polar surface area (TPSA) is 62.2 Å². The third-order valence-corrected chi connectivity index (χ3v) is 4.16. The number of anilines is 1. The molecule has 0 aromatic carbocycles. The number of hydrogen-bond donors (Lipinski definition) is 2. The minimum absolute atomic E-state index is 0.284. The van der Waals surface area contributed by atoms with E-state index in [1.807, 2.05) is 0 Å². The zero-order valence-electron chi connectivity index (χ0n) is 12.4. The van der Waals surface area contributed by atoms with E-state index < -0.39 is 5.97 Å². The lowest BCUT2D eigenvalue weighted by Gasteiger charge is -2.31. The second-order valence-corrected chi connectivity index (χ2v) is 6.39. The maximum atomic E-state index is 11.0. The first-order valence-electron chi connectivity index (χ1n) is 7.44. The van der Waals surface area contributed by atoms with Gasteiger partial charge in [-0.2, -0.15) is 0 Å². The molecule has 1 saturated carbocycles. The van der Waals surface area contributed by atoms with Crippen molar-refractivity contribution in [2.45, 2.75) is 46.0 Å². The Morgan fingerprint density at radius 3 is 2.75 bits per heavy atom. The lowest BCUT2D eigenvalue weighted by molar-refractivity contribution is 0.0697. The molecule has 0 atom stereocenters. The summed E-state index contributed by atoms with van der Waals surface area (Å²) in [5.41, 5.74) is 0.640. The quantitative estimate of drug-likeness (QED) is 0.829. The number of carbonyl (C=O) groups is 1. The number of pyridine rings is 1. The van der Waals surface area contributed by atoms with E-state index in [1.54, 1.807) is 12.3 Å². The predicted molar refractivity (Wildman–Crippen MR) is 80.0 cm³/mol. The van der Waals surface area contributed by atoms with Crippen LogP contribution < -0.4 is 5.32 Å². The fraction of sp³-hybridized carbons (Fsp3) is 0.625. The molecule has 1 aromatic heterocycles. The lowest BCUT2D eigenvalue weighted by atomic mass is 9.78. The van der Waals surface area contributed by atoms with Gasteiger partial charge in [-0.3, -0.25) is 0 Å². The Labute approximate surface area is 120 Å². The molecule has 2 rings (SSSR count).